The zero-order chi connectivity index (χ0) is 13.4. The van der Waals surface area contributed by atoms with E-state index in [2.05, 4.69) is 5.10 Å². The van der Waals surface area contributed by atoms with Gasteiger partial charge in [-0.1, -0.05) is 23.2 Å². The normalized spacial score (nSPS) is 10.1. The van der Waals surface area contributed by atoms with E-state index in [4.69, 9.17) is 23.2 Å². The van der Waals surface area contributed by atoms with Crippen LogP contribution in [0.1, 0.15) is 21.6 Å². The summed E-state index contributed by atoms with van der Waals surface area (Å²) < 4.78 is 1.26. The van der Waals surface area contributed by atoms with E-state index in [1.807, 2.05) is 0 Å². The molecule has 2 aromatic rings. The molecule has 0 amide bonds. The number of rotatable bonds is 2. The maximum atomic E-state index is 12.3. The zero-order valence-corrected chi connectivity index (χ0v) is 12.5. The molecule has 0 fully saturated rings. The number of aromatic amines is 1. The van der Waals surface area contributed by atoms with Gasteiger partial charge in [0.2, 0.25) is 5.78 Å². The Hall–Kier alpha value is -1.00. The maximum absolute atomic E-state index is 12.3. The molecule has 104 valence electrons. The third-order valence-corrected chi connectivity index (χ3v) is 3.18. The largest absolute Gasteiger partial charge is 1.00 e. The summed E-state index contributed by atoms with van der Waals surface area (Å²) in [5, 5.41) is 3.44. The Kier molecular flexibility index (Phi) is 5.04. The third kappa shape index (κ3) is 2.95. The van der Waals surface area contributed by atoms with Gasteiger partial charge in [0, 0.05) is 23.3 Å². The number of nitrogens with zero attached hydrogens (tertiary/aromatic N) is 1. The van der Waals surface area contributed by atoms with Gasteiger partial charge in [-0.05, 0) is 25.1 Å². The van der Waals surface area contributed by atoms with Crippen LogP contribution >= 0.6 is 23.2 Å². The standard InChI is InChI=1S/C12H10Cl2N2O2.Cu/c1-6-10(12(18)16(2)15-6)11(17)8-4-3-7(13)5-9(8)14;/h3-5,15H,1-2H3;/q;+1. The van der Waals surface area contributed by atoms with Gasteiger partial charge in [0.25, 0.3) is 5.56 Å². The van der Waals surface area contributed by atoms with Crippen LogP contribution in [0, 0.1) is 6.92 Å². The Morgan fingerprint density at radius 1 is 1.32 bits per heavy atom. The fourth-order valence-corrected chi connectivity index (χ4v) is 2.26. The van der Waals surface area contributed by atoms with Crippen LogP contribution in [-0.4, -0.2) is 15.6 Å². The van der Waals surface area contributed by atoms with Gasteiger partial charge in [0.05, 0.1) is 5.02 Å². The molecular formula is C12H10Cl2CuN2O2+. The summed E-state index contributed by atoms with van der Waals surface area (Å²) in [5.41, 5.74) is 0.504. The smallest absolute Gasteiger partial charge is 0.299 e. The second-order valence-corrected chi connectivity index (χ2v) is 4.77. The molecule has 1 heterocycles. The van der Waals surface area contributed by atoms with Gasteiger partial charge < -0.3 is 0 Å². The quantitative estimate of drug-likeness (QED) is 0.670. The Bertz CT molecular complexity index is 692. The van der Waals surface area contributed by atoms with Crippen LogP contribution in [0.15, 0.2) is 23.0 Å². The van der Waals surface area contributed by atoms with Crippen molar-refractivity contribution < 1.29 is 21.9 Å². The fraction of sp³-hybridized carbons (Fsp3) is 0.167. The van der Waals surface area contributed by atoms with Gasteiger partial charge in [-0.3, -0.25) is 19.4 Å². The summed E-state index contributed by atoms with van der Waals surface area (Å²) >= 11 is 11.7. The van der Waals surface area contributed by atoms with E-state index in [0.29, 0.717) is 10.7 Å². The Balaban J connectivity index is 0.00000180. The number of hydrogen-bond donors (Lipinski definition) is 1. The van der Waals surface area contributed by atoms with Crippen LogP contribution in [0.2, 0.25) is 10.0 Å². The number of carbonyl (C=O) groups is 1. The molecule has 0 radical (unpaired) electrons. The zero-order valence-electron chi connectivity index (χ0n) is 10.1. The van der Waals surface area contributed by atoms with Crippen LogP contribution in [0.5, 0.6) is 0 Å². The van der Waals surface area contributed by atoms with E-state index in [1.54, 1.807) is 20.0 Å². The Labute approximate surface area is 130 Å². The number of H-pyrrole nitrogens is 1. The number of benzene rings is 1. The number of ketones is 1. The van der Waals surface area contributed by atoms with Crippen LogP contribution in [0.4, 0.5) is 0 Å². The molecule has 0 aliphatic carbocycles. The molecule has 19 heavy (non-hydrogen) atoms. The molecule has 1 aromatic heterocycles. The Morgan fingerprint density at radius 3 is 2.42 bits per heavy atom. The molecule has 1 N–H and O–H groups in total. The molecule has 0 aliphatic rings. The second-order valence-electron chi connectivity index (χ2n) is 3.93. The van der Waals surface area contributed by atoms with Gasteiger partial charge in [-0.15, -0.1) is 0 Å². The molecule has 0 saturated carbocycles. The van der Waals surface area contributed by atoms with Gasteiger partial charge in [0.15, 0.2) is 0 Å². The van der Waals surface area contributed by atoms with E-state index in [-0.39, 0.29) is 38.8 Å². The topological polar surface area (TPSA) is 54.9 Å². The van der Waals surface area contributed by atoms with Crippen molar-refractivity contribution in [1.29, 1.82) is 0 Å². The van der Waals surface area contributed by atoms with E-state index in [1.165, 1.54) is 16.8 Å². The predicted molar refractivity (Wildman–Crippen MR) is 70.7 cm³/mol. The van der Waals surface area contributed by atoms with Gasteiger partial charge >= 0.3 is 17.1 Å². The molecule has 0 aliphatic heterocycles. The number of aryl methyl sites for hydroxylation is 2. The third-order valence-electron chi connectivity index (χ3n) is 2.63. The molecular weight excluding hydrogens is 339 g/mol. The predicted octanol–water partition coefficient (Wildman–Crippen LogP) is 2.56. The minimum absolute atomic E-state index is 0. The first-order chi connectivity index (χ1) is 8.41. The van der Waals surface area contributed by atoms with Crippen LogP contribution < -0.4 is 5.56 Å². The van der Waals surface area contributed by atoms with Gasteiger partial charge in [0.1, 0.15) is 5.56 Å². The van der Waals surface area contributed by atoms with Crippen LogP contribution in [0.25, 0.3) is 0 Å². The SMILES string of the molecule is Cc1[nH]n(C)c(=O)c1C(=O)c1ccc(Cl)cc1Cl.[Cu+]. The molecule has 0 unspecified atom stereocenters. The molecule has 0 atom stereocenters. The average molecular weight is 349 g/mol. The van der Waals surface area contributed by atoms with Gasteiger partial charge in [-0.2, -0.15) is 0 Å². The number of nitrogens with one attached hydrogen (secondary N) is 1. The van der Waals surface area contributed by atoms with E-state index < -0.39 is 5.78 Å². The number of aromatic nitrogens is 2. The summed E-state index contributed by atoms with van der Waals surface area (Å²) in [4.78, 5) is 24.1. The summed E-state index contributed by atoms with van der Waals surface area (Å²) in [5.74, 6) is -0.406. The van der Waals surface area contributed by atoms with E-state index >= 15 is 0 Å². The molecule has 2 rings (SSSR count). The van der Waals surface area contributed by atoms with Crippen molar-refractivity contribution in [3.63, 3.8) is 0 Å². The molecule has 0 spiro atoms. The van der Waals surface area contributed by atoms with Crippen molar-refractivity contribution in [2.45, 2.75) is 6.92 Å². The first kappa shape index (κ1) is 16.1. The average Bonchev–Trinajstić information content (AvgIpc) is 2.52. The van der Waals surface area contributed by atoms with Gasteiger partial charge in [-0.25, -0.2) is 0 Å². The van der Waals surface area contributed by atoms with Crippen molar-refractivity contribution in [1.82, 2.24) is 9.78 Å². The molecule has 0 bridgehead atoms. The van der Waals surface area contributed by atoms with Crippen LogP contribution in [-0.2, 0) is 24.1 Å². The summed E-state index contributed by atoms with van der Waals surface area (Å²) in [7, 11) is 1.55. The fourth-order valence-electron chi connectivity index (χ4n) is 1.76. The number of carbonyl (C=O) groups excluding carboxylic acids is 1. The molecule has 4 nitrogen and oxygen atoms in total. The monoisotopic (exact) mass is 347 g/mol. The summed E-state index contributed by atoms with van der Waals surface area (Å²) in [6.07, 6.45) is 0. The number of halogens is 2. The van der Waals surface area contributed by atoms with E-state index in [0.717, 1.165) is 0 Å². The van der Waals surface area contributed by atoms with Crippen molar-refractivity contribution in [3.05, 3.63) is 55.4 Å². The van der Waals surface area contributed by atoms with Crippen molar-refractivity contribution in [2.24, 2.45) is 7.05 Å². The first-order valence-electron chi connectivity index (χ1n) is 5.17. The molecule has 1 aromatic carbocycles. The molecule has 7 heteroatoms. The molecule has 0 saturated heterocycles. The van der Waals surface area contributed by atoms with E-state index in [9.17, 15) is 9.59 Å². The minimum atomic E-state index is -0.406. The summed E-state index contributed by atoms with van der Waals surface area (Å²) in [6, 6.07) is 4.55. The van der Waals surface area contributed by atoms with Crippen molar-refractivity contribution in [3.8, 4) is 0 Å². The van der Waals surface area contributed by atoms with Crippen molar-refractivity contribution >= 4 is 29.0 Å². The van der Waals surface area contributed by atoms with Crippen molar-refractivity contribution in [2.75, 3.05) is 0 Å². The summed E-state index contributed by atoms with van der Waals surface area (Å²) in [6.45, 7) is 1.67. The number of hydrogen-bond acceptors (Lipinski definition) is 2. The first-order valence-corrected chi connectivity index (χ1v) is 5.92. The Morgan fingerprint density at radius 2 is 1.95 bits per heavy atom. The van der Waals surface area contributed by atoms with Crippen LogP contribution in [0.3, 0.4) is 0 Å². The second kappa shape index (κ2) is 5.97. The maximum Gasteiger partial charge on any atom is 1.00 e. The minimum Gasteiger partial charge on any atom is -0.299 e.